The Bertz CT molecular complexity index is 1400. The molecule has 0 atom stereocenters. The van der Waals surface area contributed by atoms with Gasteiger partial charge < -0.3 is 4.90 Å². The van der Waals surface area contributed by atoms with Crippen LogP contribution in [0, 0.1) is 0 Å². The Labute approximate surface area is 196 Å². The summed E-state index contributed by atoms with van der Waals surface area (Å²) in [5, 5.41) is 13.8. The molecule has 0 aliphatic carbocycles. The summed E-state index contributed by atoms with van der Waals surface area (Å²) < 4.78 is 3.63. The molecule has 0 bridgehead atoms. The van der Waals surface area contributed by atoms with Gasteiger partial charge in [-0.25, -0.2) is 9.67 Å². The SMILES string of the molecule is Cn1cc(-c2ccc3c(c2)CN(c2ncc(Cc4cccc(-n5cccn5)c4)s2)CC3)nn1. The number of thiazole rings is 1. The number of anilines is 1. The van der Waals surface area contributed by atoms with Gasteiger partial charge in [-0.15, -0.1) is 16.4 Å². The minimum absolute atomic E-state index is 0.866. The van der Waals surface area contributed by atoms with Crippen LogP contribution in [0.5, 0.6) is 0 Å². The van der Waals surface area contributed by atoms with Gasteiger partial charge in [0.25, 0.3) is 0 Å². The number of nitrogens with zero attached hydrogens (tertiary/aromatic N) is 7. The lowest BCUT2D eigenvalue weighted by Crippen LogP contribution is -2.30. The predicted octanol–water partition coefficient (Wildman–Crippen LogP) is 4.28. The van der Waals surface area contributed by atoms with E-state index in [4.69, 9.17) is 4.98 Å². The predicted molar refractivity (Wildman–Crippen MR) is 130 cm³/mol. The summed E-state index contributed by atoms with van der Waals surface area (Å²) >= 11 is 1.78. The summed E-state index contributed by atoms with van der Waals surface area (Å²) in [4.78, 5) is 8.42. The molecule has 0 fully saturated rings. The van der Waals surface area contributed by atoms with Crippen molar-refractivity contribution < 1.29 is 0 Å². The molecular weight excluding hydrogens is 430 g/mol. The maximum Gasteiger partial charge on any atom is 0.185 e. The number of hydrogen-bond donors (Lipinski definition) is 0. The summed E-state index contributed by atoms with van der Waals surface area (Å²) in [6, 6.07) is 17.1. The Kier molecular flexibility index (Phi) is 4.99. The van der Waals surface area contributed by atoms with Crippen molar-refractivity contribution in [2.45, 2.75) is 19.4 Å². The van der Waals surface area contributed by atoms with E-state index in [-0.39, 0.29) is 0 Å². The van der Waals surface area contributed by atoms with Crippen molar-refractivity contribution in [3.8, 4) is 16.9 Å². The highest BCUT2D eigenvalue weighted by Crippen LogP contribution is 2.31. The lowest BCUT2D eigenvalue weighted by molar-refractivity contribution is 0.715. The highest BCUT2D eigenvalue weighted by atomic mass is 32.1. The fourth-order valence-electron chi connectivity index (χ4n) is 4.32. The van der Waals surface area contributed by atoms with Gasteiger partial charge in [-0.1, -0.05) is 29.5 Å². The van der Waals surface area contributed by atoms with Crippen molar-refractivity contribution in [1.29, 1.82) is 0 Å². The standard InChI is InChI=1S/C25H23N7S/c1-30-17-24(28-29-30)20-7-6-19-8-11-31(16-21(19)14-20)25-26-15-23(33-25)13-18-4-2-5-22(12-18)32-10-3-9-27-32/h2-7,9-10,12,14-15,17H,8,11,13,16H2,1H3. The molecular formula is C25H23N7S. The molecule has 8 heteroatoms. The van der Waals surface area contributed by atoms with E-state index in [9.17, 15) is 0 Å². The summed E-state index contributed by atoms with van der Waals surface area (Å²) in [6.07, 6.45) is 9.64. The maximum absolute atomic E-state index is 4.77. The van der Waals surface area contributed by atoms with Gasteiger partial charge in [0.05, 0.1) is 11.9 Å². The summed E-state index contributed by atoms with van der Waals surface area (Å²) in [6.45, 7) is 1.85. The quantitative estimate of drug-likeness (QED) is 0.398. The zero-order valence-electron chi connectivity index (χ0n) is 18.3. The molecule has 4 heterocycles. The minimum atomic E-state index is 0.866. The lowest BCUT2D eigenvalue weighted by atomic mass is 9.97. The van der Waals surface area contributed by atoms with Gasteiger partial charge in [0.1, 0.15) is 5.69 Å². The molecule has 6 rings (SSSR count). The summed E-state index contributed by atoms with van der Waals surface area (Å²) in [7, 11) is 1.89. The molecule has 0 saturated carbocycles. The van der Waals surface area contributed by atoms with E-state index in [1.54, 1.807) is 22.2 Å². The van der Waals surface area contributed by atoms with Crippen LogP contribution in [-0.4, -0.2) is 36.3 Å². The van der Waals surface area contributed by atoms with E-state index >= 15 is 0 Å². The van der Waals surface area contributed by atoms with E-state index in [2.05, 4.69) is 62.8 Å². The number of aromatic nitrogens is 6. The van der Waals surface area contributed by atoms with E-state index < -0.39 is 0 Å². The number of fused-ring (bicyclic) bond motifs is 1. The van der Waals surface area contributed by atoms with Crippen molar-refractivity contribution in [2.24, 2.45) is 7.05 Å². The number of aryl methyl sites for hydroxylation is 1. The first-order valence-electron chi connectivity index (χ1n) is 11.0. The normalized spacial score (nSPS) is 13.3. The molecule has 0 spiro atoms. The van der Waals surface area contributed by atoms with Crippen LogP contribution in [0.2, 0.25) is 0 Å². The molecule has 2 aromatic carbocycles. The van der Waals surface area contributed by atoms with E-state index in [0.717, 1.165) is 48.0 Å². The minimum Gasteiger partial charge on any atom is -0.343 e. The summed E-state index contributed by atoms with van der Waals surface area (Å²) in [5.41, 5.74) is 7.11. The first-order chi connectivity index (χ1) is 16.2. The highest BCUT2D eigenvalue weighted by molar-refractivity contribution is 7.15. The van der Waals surface area contributed by atoms with Crippen LogP contribution < -0.4 is 4.90 Å². The summed E-state index contributed by atoms with van der Waals surface area (Å²) in [5.74, 6) is 0. The van der Waals surface area contributed by atoms with Crippen LogP contribution in [-0.2, 0) is 26.4 Å². The van der Waals surface area contributed by atoms with Crippen LogP contribution in [0.25, 0.3) is 16.9 Å². The lowest BCUT2D eigenvalue weighted by Gasteiger charge is -2.28. The van der Waals surface area contributed by atoms with Crippen molar-refractivity contribution in [2.75, 3.05) is 11.4 Å². The van der Waals surface area contributed by atoms with Crippen LogP contribution in [0.4, 0.5) is 5.13 Å². The fraction of sp³-hybridized carbons (Fsp3) is 0.200. The van der Waals surface area contributed by atoms with Crippen molar-refractivity contribution in [1.82, 2.24) is 29.8 Å². The van der Waals surface area contributed by atoms with E-state index in [0.29, 0.717) is 0 Å². The second-order valence-electron chi connectivity index (χ2n) is 8.34. The molecule has 0 radical (unpaired) electrons. The van der Waals surface area contributed by atoms with Gasteiger partial charge in [0.15, 0.2) is 5.13 Å². The molecule has 3 aromatic heterocycles. The highest BCUT2D eigenvalue weighted by Gasteiger charge is 2.20. The van der Waals surface area contributed by atoms with Gasteiger partial charge in [-0.2, -0.15) is 5.10 Å². The van der Waals surface area contributed by atoms with Crippen LogP contribution in [0.1, 0.15) is 21.6 Å². The van der Waals surface area contributed by atoms with E-state index in [1.165, 1.54) is 21.6 Å². The molecule has 0 amide bonds. The number of rotatable bonds is 5. The molecule has 0 N–H and O–H groups in total. The monoisotopic (exact) mass is 453 g/mol. The third-order valence-electron chi connectivity index (χ3n) is 5.99. The topological polar surface area (TPSA) is 64.7 Å². The first kappa shape index (κ1) is 19.9. The van der Waals surface area contributed by atoms with Crippen molar-refractivity contribution >= 4 is 16.5 Å². The number of benzene rings is 2. The smallest absolute Gasteiger partial charge is 0.185 e. The molecule has 0 unspecified atom stereocenters. The molecule has 0 saturated heterocycles. The Balaban J connectivity index is 1.19. The molecule has 1 aliphatic heterocycles. The average molecular weight is 454 g/mol. The Morgan fingerprint density at radius 2 is 2.03 bits per heavy atom. The second-order valence-corrected chi connectivity index (χ2v) is 9.43. The van der Waals surface area contributed by atoms with Crippen LogP contribution >= 0.6 is 11.3 Å². The van der Waals surface area contributed by atoms with Gasteiger partial charge >= 0.3 is 0 Å². The number of hydrogen-bond acceptors (Lipinski definition) is 6. The largest absolute Gasteiger partial charge is 0.343 e. The second kappa shape index (κ2) is 8.29. The van der Waals surface area contributed by atoms with Crippen molar-refractivity contribution in [3.63, 3.8) is 0 Å². The Hall–Kier alpha value is -3.78. The van der Waals surface area contributed by atoms with Gasteiger partial charge in [0.2, 0.25) is 0 Å². The van der Waals surface area contributed by atoms with Gasteiger partial charge in [-0.3, -0.25) is 4.68 Å². The van der Waals surface area contributed by atoms with Gasteiger partial charge in [0, 0.05) is 55.6 Å². The fourth-order valence-corrected chi connectivity index (χ4v) is 5.29. The Morgan fingerprint density at radius 1 is 1.06 bits per heavy atom. The molecule has 164 valence electrons. The third-order valence-corrected chi connectivity index (χ3v) is 7.04. The molecule has 1 aliphatic rings. The van der Waals surface area contributed by atoms with Crippen LogP contribution in [0.15, 0.2) is 73.3 Å². The Morgan fingerprint density at radius 3 is 2.88 bits per heavy atom. The van der Waals surface area contributed by atoms with Gasteiger partial charge in [-0.05, 0) is 47.4 Å². The average Bonchev–Trinajstić information content (AvgIpc) is 3.61. The molecule has 7 nitrogen and oxygen atoms in total. The first-order valence-corrected chi connectivity index (χ1v) is 11.8. The van der Waals surface area contributed by atoms with Crippen LogP contribution in [0.3, 0.4) is 0 Å². The maximum atomic E-state index is 4.77. The molecule has 5 aromatic rings. The molecule has 33 heavy (non-hydrogen) atoms. The zero-order chi connectivity index (χ0) is 22.2. The zero-order valence-corrected chi connectivity index (χ0v) is 19.1. The van der Waals surface area contributed by atoms with Crippen molar-refractivity contribution in [3.05, 3.63) is 94.9 Å². The van der Waals surface area contributed by atoms with E-state index in [1.807, 2.05) is 36.4 Å². The third kappa shape index (κ3) is 4.05.